The summed E-state index contributed by atoms with van der Waals surface area (Å²) in [4.78, 5) is 15.5. The van der Waals surface area contributed by atoms with Crippen molar-refractivity contribution < 1.29 is 13.9 Å². The lowest BCUT2D eigenvalue weighted by Gasteiger charge is -2.06. The van der Waals surface area contributed by atoms with Gasteiger partial charge in [0.2, 0.25) is 0 Å². The van der Waals surface area contributed by atoms with Crippen molar-refractivity contribution in [1.82, 2.24) is 4.98 Å². The third-order valence-electron chi connectivity index (χ3n) is 2.43. The van der Waals surface area contributed by atoms with Crippen molar-refractivity contribution in [3.05, 3.63) is 59.1 Å². The standard InChI is InChI=1S/C14H11ClFNO2/c15-11-6-13(8-17-7-11)19-9-12(18)5-10-3-1-2-4-14(10)16/h1-4,6-8H,5,9H2. The van der Waals surface area contributed by atoms with E-state index in [0.717, 1.165) is 0 Å². The van der Waals surface area contributed by atoms with Gasteiger partial charge in [0.1, 0.15) is 18.2 Å². The number of carbonyl (C=O) groups excluding carboxylic acids is 1. The van der Waals surface area contributed by atoms with Crippen LogP contribution in [-0.2, 0) is 11.2 Å². The normalized spacial score (nSPS) is 10.2. The zero-order valence-corrected chi connectivity index (χ0v) is 10.7. The number of hydrogen-bond acceptors (Lipinski definition) is 3. The molecule has 1 heterocycles. The van der Waals surface area contributed by atoms with E-state index >= 15 is 0 Å². The molecule has 3 nitrogen and oxygen atoms in total. The van der Waals surface area contributed by atoms with Crippen molar-refractivity contribution in [1.29, 1.82) is 0 Å². The summed E-state index contributed by atoms with van der Waals surface area (Å²) in [6, 6.07) is 7.73. The highest BCUT2D eigenvalue weighted by Gasteiger charge is 2.08. The summed E-state index contributed by atoms with van der Waals surface area (Å²) >= 11 is 5.73. The summed E-state index contributed by atoms with van der Waals surface area (Å²) in [5, 5.41) is 0.430. The van der Waals surface area contributed by atoms with E-state index in [1.54, 1.807) is 24.3 Å². The van der Waals surface area contributed by atoms with E-state index in [-0.39, 0.29) is 24.6 Å². The van der Waals surface area contributed by atoms with Crippen LogP contribution in [0.3, 0.4) is 0 Å². The molecule has 0 fully saturated rings. The summed E-state index contributed by atoms with van der Waals surface area (Å²) in [6.45, 7) is -0.143. The molecule has 2 rings (SSSR count). The Morgan fingerprint density at radius 1 is 1.32 bits per heavy atom. The molecule has 0 N–H and O–H groups in total. The number of rotatable bonds is 5. The number of aromatic nitrogens is 1. The number of ketones is 1. The second-order valence-electron chi connectivity index (χ2n) is 3.93. The molecule has 0 atom stereocenters. The summed E-state index contributed by atoms with van der Waals surface area (Å²) < 4.78 is 18.6. The minimum Gasteiger partial charge on any atom is -0.484 e. The largest absolute Gasteiger partial charge is 0.484 e. The molecule has 5 heteroatoms. The zero-order chi connectivity index (χ0) is 13.7. The maximum Gasteiger partial charge on any atom is 0.174 e. The van der Waals surface area contributed by atoms with Crippen LogP contribution in [0.2, 0.25) is 5.02 Å². The second kappa shape index (κ2) is 6.29. The molecule has 98 valence electrons. The Kier molecular flexibility index (Phi) is 4.47. The highest BCUT2D eigenvalue weighted by atomic mass is 35.5. The van der Waals surface area contributed by atoms with E-state index in [2.05, 4.69) is 4.98 Å². The van der Waals surface area contributed by atoms with E-state index < -0.39 is 0 Å². The lowest BCUT2D eigenvalue weighted by atomic mass is 10.1. The number of carbonyl (C=O) groups is 1. The van der Waals surface area contributed by atoms with Gasteiger partial charge in [0.15, 0.2) is 5.78 Å². The third-order valence-corrected chi connectivity index (χ3v) is 2.63. The number of Topliss-reactive ketones (excluding diaryl/α,β-unsaturated/α-hetero) is 1. The maximum atomic E-state index is 13.3. The minimum absolute atomic E-state index is 0.000662. The molecule has 2 aromatic rings. The molecule has 1 aromatic heterocycles. The van der Waals surface area contributed by atoms with Crippen molar-refractivity contribution in [2.75, 3.05) is 6.61 Å². The van der Waals surface area contributed by atoms with Gasteiger partial charge in [0, 0.05) is 18.7 Å². The number of hydrogen-bond donors (Lipinski definition) is 0. The van der Waals surface area contributed by atoms with Gasteiger partial charge in [-0.15, -0.1) is 0 Å². The van der Waals surface area contributed by atoms with E-state index in [1.165, 1.54) is 18.5 Å². The molecule has 0 saturated heterocycles. The quantitative estimate of drug-likeness (QED) is 0.844. The van der Waals surface area contributed by atoms with Crippen molar-refractivity contribution in [2.45, 2.75) is 6.42 Å². The molecule has 0 aliphatic rings. The molecule has 1 aromatic carbocycles. The molecule has 0 bridgehead atoms. The molecular weight excluding hydrogens is 269 g/mol. The van der Waals surface area contributed by atoms with Crippen molar-refractivity contribution in [3.63, 3.8) is 0 Å². The fraction of sp³-hybridized carbons (Fsp3) is 0.143. The topological polar surface area (TPSA) is 39.2 Å². The molecule has 0 aliphatic carbocycles. The van der Waals surface area contributed by atoms with Gasteiger partial charge >= 0.3 is 0 Å². The predicted molar refractivity (Wildman–Crippen MR) is 69.9 cm³/mol. The lowest BCUT2D eigenvalue weighted by molar-refractivity contribution is -0.120. The smallest absolute Gasteiger partial charge is 0.174 e. The number of halogens is 2. The number of nitrogens with zero attached hydrogens (tertiary/aromatic N) is 1. The van der Waals surface area contributed by atoms with Crippen molar-refractivity contribution >= 4 is 17.4 Å². The first-order chi connectivity index (χ1) is 9.15. The third kappa shape index (κ3) is 4.03. The first kappa shape index (κ1) is 13.5. The molecule has 0 radical (unpaired) electrons. The van der Waals surface area contributed by atoms with Crippen molar-refractivity contribution in [2.24, 2.45) is 0 Å². The van der Waals surface area contributed by atoms with Crippen LogP contribution in [0, 0.1) is 5.82 Å². The van der Waals surface area contributed by atoms with Gasteiger partial charge in [-0.05, 0) is 11.6 Å². The average molecular weight is 280 g/mol. The highest BCUT2D eigenvalue weighted by molar-refractivity contribution is 6.30. The van der Waals surface area contributed by atoms with Crippen LogP contribution in [0.4, 0.5) is 4.39 Å². The Hall–Kier alpha value is -1.94. The fourth-order valence-electron chi connectivity index (χ4n) is 1.54. The van der Waals surface area contributed by atoms with Crippen molar-refractivity contribution in [3.8, 4) is 5.75 Å². The molecule has 0 amide bonds. The van der Waals surface area contributed by atoms with Gasteiger partial charge in [-0.25, -0.2) is 4.39 Å². The summed E-state index contributed by atoms with van der Waals surface area (Å²) in [5.74, 6) is -0.195. The lowest BCUT2D eigenvalue weighted by Crippen LogP contribution is -2.14. The molecule has 0 saturated carbocycles. The number of pyridine rings is 1. The van der Waals surface area contributed by atoms with Crippen LogP contribution in [0.1, 0.15) is 5.56 Å². The van der Waals surface area contributed by atoms with Crippen LogP contribution in [0.5, 0.6) is 5.75 Å². The van der Waals surface area contributed by atoms with E-state index in [1.807, 2.05) is 0 Å². The van der Waals surface area contributed by atoms with Gasteiger partial charge in [-0.2, -0.15) is 0 Å². The Labute approximate surface area is 115 Å². The fourth-order valence-corrected chi connectivity index (χ4v) is 1.70. The average Bonchev–Trinajstić information content (AvgIpc) is 2.39. The van der Waals surface area contributed by atoms with Gasteiger partial charge in [-0.1, -0.05) is 29.8 Å². The van der Waals surface area contributed by atoms with Crippen LogP contribution in [0.25, 0.3) is 0 Å². The first-order valence-electron chi connectivity index (χ1n) is 5.63. The van der Waals surface area contributed by atoms with Gasteiger partial charge in [0.25, 0.3) is 0 Å². The first-order valence-corrected chi connectivity index (χ1v) is 6.01. The monoisotopic (exact) mass is 279 g/mol. The Bertz CT molecular complexity index is 589. The van der Waals surface area contributed by atoms with Crippen LogP contribution < -0.4 is 4.74 Å². The van der Waals surface area contributed by atoms with Gasteiger partial charge in [-0.3, -0.25) is 9.78 Å². The summed E-state index contributed by atoms with van der Waals surface area (Å²) in [5.41, 5.74) is 0.361. The Morgan fingerprint density at radius 3 is 2.84 bits per heavy atom. The molecule has 0 spiro atoms. The van der Waals surface area contributed by atoms with Gasteiger partial charge < -0.3 is 4.74 Å². The number of benzene rings is 1. The second-order valence-corrected chi connectivity index (χ2v) is 4.37. The predicted octanol–water partition coefficient (Wildman–Crippen LogP) is 3.06. The molecule has 0 unspecified atom stereocenters. The SMILES string of the molecule is O=C(COc1cncc(Cl)c1)Cc1ccccc1F. The van der Waals surface area contributed by atoms with E-state index in [9.17, 15) is 9.18 Å². The van der Waals surface area contributed by atoms with Crippen LogP contribution >= 0.6 is 11.6 Å². The molecular formula is C14H11ClFNO2. The summed E-state index contributed by atoms with van der Waals surface area (Å²) in [7, 11) is 0. The van der Waals surface area contributed by atoms with Gasteiger partial charge in [0.05, 0.1) is 11.2 Å². The highest BCUT2D eigenvalue weighted by Crippen LogP contribution is 2.15. The zero-order valence-electron chi connectivity index (χ0n) is 9.98. The summed E-state index contributed by atoms with van der Waals surface area (Å²) in [6.07, 6.45) is 2.93. The number of ether oxygens (including phenoxy) is 1. The van der Waals surface area contributed by atoms with E-state index in [4.69, 9.17) is 16.3 Å². The Balaban J connectivity index is 1.90. The molecule has 19 heavy (non-hydrogen) atoms. The van der Waals surface area contributed by atoms with E-state index in [0.29, 0.717) is 16.3 Å². The van der Waals surface area contributed by atoms with Crippen LogP contribution in [0.15, 0.2) is 42.7 Å². The maximum absolute atomic E-state index is 13.3. The Morgan fingerprint density at radius 2 is 2.11 bits per heavy atom. The minimum atomic E-state index is -0.389. The van der Waals surface area contributed by atoms with Crippen LogP contribution in [-0.4, -0.2) is 17.4 Å². The molecule has 0 aliphatic heterocycles.